The van der Waals surface area contributed by atoms with Gasteiger partial charge in [0.2, 0.25) is 0 Å². The second-order valence-electron chi connectivity index (χ2n) is 14.5. The monoisotopic (exact) mass is 606 g/mol. The van der Waals surface area contributed by atoms with E-state index >= 15 is 0 Å². The zero-order valence-corrected chi connectivity index (χ0v) is 26.6. The van der Waals surface area contributed by atoms with E-state index in [0.29, 0.717) is 0 Å². The molecule has 1 heteroatoms. The van der Waals surface area contributed by atoms with Gasteiger partial charge in [0, 0.05) is 20.2 Å². The molecule has 2 fully saturated rings. The van der Waals surface area contributed by atoms with E-state index in [2.05, 4.69) is 121 Å². The van der Waals surface area contributed by atoms with Crippen LogP contribution >= 0.6 is 11.3 Å². The lowest BCUT2D eigenvalue weighted by atomic mass is 9.67. The van der Waals surface area contributed by atoms with Crippen molar-refractivity contribution in [2.45, 2.75) is 43.9 Å². The maximum Gasteiger partial charge on any atom is 0.0355 e. The molecule has 0 aliphatic heterocycles. The molecule has 1 heterocycles. The van der Waals surface area contributed by atoms with Gasteiger partial charge in [0.15, 0.2) is 0 Å². The van der Waals surface area contributed by atoms with Crippen LogP contribution in [-0.2, 0) is 0 Å². The summed E-state index contributed by atoms with van der Waals surface area (Å²) >= 11 is 1.88. The Hall–Kier alpha value is -4.46. The van der Waals surface area contributed by atoms with E-state index < -0.39 is 0 Å². The highest BCUT2D eigenvalue weighted by atomic mass is 32.1. The summed E-state index contributed by atoms with van der Waals surface area (Å²) in [7, 11) is 0. The van der Waals surface area contributed by atoms with E-state index in [0.717, 1.165) is 23.7 Å². The third-order valence-corrected chi connectivity index (χ3v) is 13.1. The summed E-state index contributed by atoms with van der Waals surface area (Å²) in [4.78, 5) is 0. The fraction of sp³-hybridized carbons (Fsp3) is 0.200. The lowest BCUT2D eigenvalue weighted by molar-refractivity contribution is 0.166. The summed E-state index contributed by atoms with van der Waals surface area (Å²) in [5.74, 6) is 3.40. The first-order valence-corrected chi connectivity index (χ1v) is 18.0. The lowest BCUT2D eigenvalue weighted by Crippen LogP contribution is -2.25. The van der Waals surface area contributed by atoms with Crippen LogP contribution in [0, 0.1) is 11.8 Å². The molecule has 8 aromatic rings. The SMILES string of the molecule is c1cc(-c2ccc3sc4ccccc4c3c2)cc(-c2ccc3c(c2)c2ccccc2c2cc4c(cc32)C2CC3CC(CC4C3)C2)c1. The highest BCUT2D eigenvalue weighted by Gasteiger charge is 2.42. The predicted molar refractivity (Wildman–Crippen MR) is 198 cm³/mol. The van der Waals surface area contributed by atoms with Crippen LogP contribution in [0.4, 0.5) is 0 Å². The van der Waals surface area contributed by atoms with Crippen molar-refractivity contribution in [2.24, 2.45) is 11.8 Å². The van der Waals surface area contributed by atoms with Crippen molar-refractivity contribution in [3.63, 3.8) is 0 Å². The van der Waals surface area contributed by atoms with Gasteiger partial charge < -0.3 is 0 Å². The molecule has 7 aromatic carbocycles. The van der Waals surface area contributed by atoms with Gasteiger partial charge in [-0.1, -0.05) is 78.9 Å². The van der Waals surface area contributed by atoms with Crippen molar-refractivity contribution >= 4 is 63.8 Å². The first-order valence-electron chi connectivity index (χ1n) is 17.2. The Morgan fingerprint density at radius 2 is 0.848 bits per heavy atom. The van der Waals surface area contributed by atoms with Gasteiger partial charge in [-0.3, -0.25) is 0 Å². The maximum atomic E-state index is 2.65. The molecule has 12 rings (SSSR count). The Labute approximate surface area is 273 Å². The summed E-state index contributed by atoms with van der Waals surface area (Å²) in [6.07, 6.45) is 7.13. The Morgan fingerprint density at radius 1 is 0.348 bits per heavy atom. The van der Waals surface area contributed by atoms with E-state index in [1.807, 2.05) is 11.3 Å². The standard InChI is InChI=1S/C45H34S/c1-2-9-35-34(8-1)40-22-30(28-6-5-7-29(21-28)31-13-15-45-43(23-31)37-10-3-4-11-44(37)46-45)12-14-36(40)42-25-39-33-19-26-16-27(20-33)18-32(17-26)38(39)24-41(35)42/h1-15,21-27,32-33H,16-20H2. The summed E-state index contributed by atoms with van der Waals surface area (Å²) in [5.41, 5.74) is 8.48. The largest absolute Gasteiger partial charge is 0.135 e. The minimum Gasteiger partial charge on any atom is -0.135 e. The first kappa shape index (κ1) is 25.7. The Morgan fingerprint density at radius 3 is 1.52 bits per heavy atom. The van der Waals surface area contributed by atoms with Gasteiger partial charge in [-0.05, 0) is 164 Å². The third-order valence-electron chi connectivity index (χ3n) is 12.0. The number of hydrogen-bond acceptors (Lipinski definition) is 1. The molecule has 2 saturated carbocycles. The smallest absolute Gasteiger partial charge is 0.0355 e. The zero-order chi connectivity index (χ0) is 29.9. The highest BCUT2D eigenvalue weighted by Crippen LogP contribution is 2.57. The third kappa shape index (κ3) is 3.73. The molecule has 0 radical (unpaired) electrons. The number of thiophene rings is 1. The van der Waals surface area contributed by atoms with Crippen LogP contribution in [0.2, 0.25) is 0 Å². The predicted octanol–water partition coefficient (Wildman–Crippen LogP) is 13.2. The Balaban J connectivity index is 1.08. The number of hydrogen-bond donors (Lipinski definition) is 0. The molecule has 0 saturated heterocycles. The fourth-order valence-electron chi connectivity index (χ4n) is 10.1. The van der Waals surface area contributed by atoms with Gasteiger partial charge in [-0.2, -0.15) is 0 Å². The molecule has 0 N–H and O–H groups in total. The Kier molecular flexibility index (Phi) is 5.33. The molecule has 2 atom stereocenters. The van der Waals surface area contributed by atoms with Crippen molar-refractivity contribution in [1.82, 2.24) is 0 Å². The average Bonchev–Trinajstić information content (AvgIpc) is 3.40. The van der Waals surface area contributed by atoms with Crippen molar-refractivity contribution in [2.75, 3.05) is 0 Å². The van der Waals surface area contributed by atoms with Crippen molar-refractivity contribution in [3.8, 4) is 22.3 Å². The normalized spacial score (nSPS) is 21.9. The van der Waals surface area contributed by atoms with Crippen molar-refractivity contribution in [1.29, 1.82) is 0 Å². The van der Waals surface area contributed by atoms with Gasteiger partial charge in [0.05, 0.1) is 0 Å². The topological polar surface area (TPSA) is 0 Å². The van der Waals surface area contributed by atoms with Crippen LogP contribution in [0.15, 0.2) is 121 Å². The van der Waals surface area contributed by atoms with Gasteiger partial charge in [0.1, 0.15) is 0 Å². The summed E-state index contributed by atoms with van der Waals surface area (Å²) in [5, 5.41) is 11.2. The van der Waals surface area contributed by atoms with Gasteiger partial charge in [0.25, 0.3) is 0 Å². The van der Waals surface area contributed by atoms with Crippen LogP contribution in [0.3, 0.4) is 0 Å². The number of fused-ring (bicyclic) bond motifs is 9. The summed E-state index contributed by atoms with van der Waals surface area (Å²) in [6, 6.07) is 46.6. The van der Waals surface area contributed by atoms with Crippen LogP contribution in [0.25, 0.3) is 74.7 Å². The molecule has 0 spiro atoms. The van der Waals surface area contributed by atoms with Crippen LogP contribution in [0.5, 0.6) is 0 Å². The zero-order valence-electron chi connectivity index (χ0n) is 25.8. The van der Waals surface area contributed by atoms with E-state index in [-0.39, 0.29) is 0 Å². The quantitative estimate of drug-likeness (QED) is 0.172. The minimum absolute atomic E-state index is 0.755. The summed E-state index contributed by atoms with van der Waals surface area (Å²) in [6.45, 7) is 0. The molecule has 46 heavy (non-hydrogen) atoms. The van der Waals surface area contributed by atoms with Crippen molar-refractivity contribution < 1.29 is 0 Å². The molecule has 4 bridgehead atoms. The van der Waals surface area contributed by atoms with E-state index in [9.17, 15) is 0 Å². The molecule has 220 valence electrons. The van der Waals surface area contributed by atoms with Crippen molar-refractivity contribution in [3.05, 3.63) is 132 Å². The molecular formula is C45H34S. The lowest BCUT2D eigenvalue weighted by Gasteiger charge is -2.38. The summed E-state index contributed by atoms with van der Waals surface area (Å²) < 4.78 is 2.71. The molecule has 4 aliphatic carbocycles. The number of benzene rings is 7. The van der Waals surface area contributed by atoms with Crippen LogP contribution in [-0.4, -0.2) is 0 Å². The van der Waals surface area contributed by atoms with Gasteiger partial charge >= 0.3 is 0 Å². The maximum absolute atomic E-state index is 2.65. The van der Waals surface area contributed by atoms with E-state index in [1.54, 1.807) is 11.1 Å². The molecule has 0 nitrogen and oxygen atoms in total. The molecule has 0 amide bonds. The van der Waals surface area contributed by atoms with Crippen LogP contribution in [0.1, 0.15) is 55.1 Å². The van der Waals surface area contributed by atoms with Gasteiger partial charge in [-0.25, -0.2) is 0 Å². The van der Waals surface area contributed by atoms with Crippen LogP contribution < -0.4 is 0 Å². The van der Waals surface area contributed by atoms with E-state index in [1.165, 1.54) is 107 Å². The first-order chi connectivity index (χ1) is 22.7. The minimum atomic E-state index is 0.755. The fourth-order valence-corrected chi connectivity index (χ4v) is 11.1. The molecule has 1 aromatic heterocycles. The second-order valence-corrected chi connectivity index (χ2v) is 15.6. The molecule has 2 unspecified atom stereocenters. The molecular weight excluding hydrogens is 573 g/mol. The highest BCUT2D eigenvalue weighted by molar-refractivity contribution is 7.25. The Bertz CT molecular complexity index is 2530. The molecule has 4 aliphatic rings. The second kappa shape index (κ2) is 9.53. The average molecular weight is 607 g/mol. The van der Waals surface area contributed by atoms with Gasteiger partial charge in [-0.15, -0.1) is 11.3 Å². The van der Waals surface area contributed by atoms with E-state index in [4.69, 9.17) is 0 Å². The number of rotatable bonds is 2.